The Morgan fingerprint density at radius 2 is 1.92 bits per heavy atom. The molecular formula is C16H22N4O3S2. The quantitative estimate of drug-likeness (QED) is 0.612. The molecule has 9 heteroatoms. The second-order valence-corrected chi connectivity index (χ2v) is 8.58. The number of rotatable bonds is 4. The number of ketones is 1. The number of nitrogens with zero attached hydrogens (tertiary/aromatic N) is 2. The summed E-state index contributed by atoms with van der Waals surface area (Å²) in [5, 5.41) is 7.21. The predicted octanol–water partition coefficient (Wildman–Crippen LogP) is 2.03. The standard InChI is InChI=1S/C16H22N4O3S2/c1-11-8-9-12(25(22,23)20(2)3)10-14(11)17-16(24)19-18-13-6-4-5-7-15(13)21/h8-10H,4-7H2,1-3H3,(H2,17,19,24)/b18-13-. The Labute approximate surface area is 153 Å². The average molecular weight is 383 g/mol. The first kappa shape index (κ1) is 19.5. The summed E-state index contributed by atoms with van der Waals surface area (Å²) in [7, 11) is -0.575. The number of Topliss-reactive ketones (excluding diaryl/α,β-unsaturated/α-hetero) is 1. The van der Waals surface area contributed by atoms with E-state index in [0.29, 0.717) is 24.2 Å². The van der Waals surface area contributed by atoms with Crippen LogP contribution >= 0.6 is 12.2 Å². The van der Waals surface area contributed by atoms with Crippen molar-refractivity contribution in [3.8, 4) is 0 Å². The monoisotopic (exact) mass is 382 g/mol. The summed E-state index contributed by atoms with van der Waals surface area (Å²) in [6.45, 7) is 1.84. The van der Waals surface area contributed by atoms with Gasteiger partial charge in [-0.15, -0.1) is 0 Å². The van der Waals surface area contributed by atoms with Crippen molar-refractivity contribution in [2.75, 3.05) is 19.4 Å². The van der Waals surface area contributed by atoms with Crippen LogP contribution in [0.25, 0.3) is 0 Å². The zero-order valence-electron chi connectivity index (χ0n) is 14.5. The molecule has 2 N–H and O–H groups in total. The van der Waals surface area contributed by atoms with Gasteiger partial charge in [0.1, 0.15) is 5.71 Å². The first-order chi connectivity index (χ1) is 11.7. The summed E-state index contributed by atoms with van der Waals surface area (Å²) in [5.74, 6) is 0.0387. The lowest BCUT2D eigenvalue weighted by atomic mass is 9.97. The molecule has 0 unspecified atom stereocenters. The molecule has 0 atom stereocenters. The molecule has 0 radical (unpaired) electrons. The molecule has 1 aromatic carbocycles. The van der Waals surface area contributed by atoms with Gasteiger partial charge >= 0.3 is 0 Å². The summed E-state index contributed by atoms with van der Waals surface area (Å²) in [4.78, 5) is 11.9. The van der Waals surface area contributed by atoms with Crippen LogP contribution in [0.5, 0.6) is 0 Å². The van der Waals surface area contributed by atoms with E-state index < -0.39 is 10.0 Å². The highest BCUT2D eigenvalue weighted by atomic mass is 32.2. The van der Waals surface area contributed by atoms with Crippen molar-refractivity contribution in [3.63, 3.8) is 0 Å². The van der Waals surface area contributed by atoms with E-state index in [4.69, 9.17) is 12.2 Å². The highest BCUT2D eigenvalue weighted by molar-refractivity contribution is 7.89. The lowest BCUT2D eigenvalue weighted by Gasteiger charge is -2.16. The molecule has 1 fully saturated rings. The number of carbonyl (C=O) groups excluding carboxylic acids is 1. The molecule has 136 valence electrons. The van der Waals surface area contributed by atoms with E-state index in [-0.39, 0.29) is 15.8 Å². The van der Waals surface area contributed by atoms with Crippen LogP contribution in [-0.2, 0) is 14.8 Å². The molecule has 0 aromatic heterocycles. The number of benzene rings is 1. The van der Waals surface area contributed by atoms with E-state index in [1.165, 1.54) is 20.2 Å². The maximum absolute atomic E-state index is 12.2. The van der Waals surface area contributed by atoms with E-state index >= 15 is 0 Å². The number of hydrogen-bond donors (Lipinski definition) is 2. The molecule has 1 aliphatic rings. The van der Waals surface area contributed by atoms with Gasteiger partial charge in [-0.05, 0) is 56.1 Å². The van der Waals surface area contributed by atoms with Crippen LogP contribution in [0.2, 0.25) is 0 Å². The van der Waals surface area contributed by atoms with Crippen molar-refractivity contribution in [2.45, 2.75) is 37.5 Å². The summed E-state index contributed by atoms with van der Waals surface area (Å²) in [6.07, 6.45) is 3.00. The van der Waals surface area contributed by atoms with Gasteiger partial charge in [-0.1, -0.05) is 6.07 Å². The van der Waals surface area contributed by atoms with Crippen LogP contribution in [0.1, 0.15) is 31.2 Å². The fourth-order valence-corrected chi connectivity index (χ4v) is 3.44. The Bertz CT molecular complexity index is 817. The average Bonchev–Trinajstić information content (AvgIpc) is 2.55. The maximum atomic E-state index is 12.2. The van der Waals surface area contributed by atoms with E-state index in [2.05, 4.69) is 15.8 Å². The Kier molecular flexibility index (Phi) is 6.26. The molecule has 0 spiro atoms. The third kappa shape index (κ3) is 4.83. The topological polar surface area (TPSA) is 90.9 Å². The van der Waals surface area contributed by atoms with Gasteiger partial charge in [-0.25, -0.2) is 12.7 Å². The van der Waals surface area contributed by atoms with E-state index in [1.807, 2.05) is 6.92 Å². The zero-order chi connectivity index (χ0) is 18.6. The molecule has 0 amide bonds. The third-order valence-electron chi connectivity index (χ3n) is 3.92. The second kappa shape index (κ2) is 8.03. The predicted molar refractivity (Wildman–Crippen MR) is 102 cm³/mol. The highest BCUT2D eigenvalue weighted by Crippen LogP contribution is 2.22. The summed E-state index contributed by atoms with van der Waals surface area (Å²) < 4.78 is 25.6. The molecule has 1 aliphatic carbocycles. The number of carbonyl (C=O) groups is 1. The lowest BCUT2D eigenvalue weighted by molar-refractivity contribution is -0.113. The van der Waals surface area contributed by atoms with Crippen molar-refractivity contribution >= 4 is 44.5 Å². The third-order valence-corrected chi connectivity index (χ3v) is 5.92. The van der Waals surface area contributed by atoms with Gasteiger partial charge in [0, 0.05) is 26.2 Å². The minimum absolute atomic E-state index is 0.0387. The first-order valence-corrected chi connectivity index (χ1v) is 9.76. The largest absolute Gasteiger partial charge is 0.331 e. The number of aryl methyl sites for hydroxylation is 1. The first-order valence-electron chi connectivity index (χ1n) is 7.92. The summed E-state index contributed by atoms with van der Waals surface area (Å²) in [5.41, 5.74) is 4.57. The molecule has 0 heterocycles. The lowest BCUT2D eigenvalue weighted by Crippen LogP contribution is -2.29. The molecule has 0 saturated heterocycles. The molecule has 1 aromatic rings. The molecule has 7 nitrogen and oxygen atoms in total. The van der Waals surface area contributed by atoms with Gasteiger partial charge in [0.2, 0.25) is 10.0 Å². The van der Waals surface area contributed by atoms with Gasteiger partial charge in [0.15, 0.2) is 10.9 Å². The fourth-order valence-electron chi connectivity index (χ4n) is 2.36. The SMILES string of the molecule is Cc1ccc(S(=O)(=O)N(C)C)cc1NC(=S)N/N=C1/CCCCC1=O. The fraction of sp³-hybridized carbons (Fsp3) is 0.438. The van der Waals surface area contributed by atoms with Crippen molar-refractivity contribution < 1.29 is 13.2 Å². The number of nitrogens with one attached hydrogen (secondary N) is 2. The number of hydrogen-bond acceptors (Lipinski definition) is 5. The van der Waals surface area contributed by atoms with Gasteiger partial charge in [-0.3, -0.25) is 10.2 Å². The van der Waals surface area contributed by atoms with E-state index in [9.17, 15) is 13.2 Å². The van der Waals surface area contributed by atoms with Crippen molar-refractivity contribution in [1.82, 2.24) is 9.73 Å². The zero-order valence-corrected chi connectivity index (χ0v) is 16.1. The summed E-state index contributed by atoms with van der Waals surface area (Å²) >= 11 is 5.19. The minimum atomic E-state index is -3.53. The molecule has 0 bridgehead atoms. The molecule has 0 aliphatic heterocycles. The van der Waals surface area contributed by atoms with Gasteiger partial charge in [-0.2, -0.15) is 5.10 Å². The summed E-state index contributed by atoms with van der Waals surface area (Å²) in [6, 6.07) is 4.78. The van der Waals surface area contributed by atoms with Crippen molar-refractivity contribution in [2.24, 2.45) is 5.10 Å². The molecule has 25 heavy (non-hydrogen) atoms. The van der Waals surface area contributed by atoms with Crippen LogP contribution in [-0.4, -0.2) is 43.4 Å². The van der Waals surface area contributed by atoms with Crippen LogP contribution in [0.3, 0.4) is 0 Å². The number of sulfonamides is 1. The number of thiocarbonyl (C=S) groups is 1. The van der Waals surface area contributed by atoms with Crippen LogP contribution in [0.15, 0.2) is 28.2 Å². The van der Waals surface area contributed by atoms with Crippen LogP contribution < -0.4 is 10.7 Å². The number of anilines is 1. The molecule has 1 saturated carbocycles. The number of hydrazone groups is 1. The second-order valence-electron chi connectivity index (χ2n) is 6.02. The van der Waals surface area contributed by atoms with Crippen LogP contribution in [0, 0.1) is 6.92 Å². The Hall–Kier alpha value is -1.84. The Balaban J connectivity index is 2.13. The highest BCUT2D eigenvalue weighted by Gasteiger charge is 2.19. The molecular weight excluding hydrogens is 360 g/mol. The maximum Gasteiger partial charge on any atom is 0.242 e. The van der Waals surface area contributed by atoms with Crippen molar-refractivity contribution in [1.29, 1.82) is 0 Å². The van der Waals surface area contributed by atoms with Crippen LogP contribution in [0.4, 0.5) is 5.69 Å². The van der Waals surface area contributed by atoms with E-state index in [0.717, 1.165) is 22.7 Å². The van der Waals surface area contributed by atoms with E-state index in [1.54, 1.807) is 12.1 Å². The van der Waals surface area contributed by atoms with Gasteiger partial charge < -0.3 is 5.32 Å². The van der Waals surface area contributed by atoms with Crippen molar-refractivity contribution in [3.05, 3.63) is 23.8 Å². The minimum Gasteiger partial charge on any atom is -0.331 e. The Morgan fingerprint density at radius 3 is 2.56 bits per heavy atom. The van der Waals surface area contributed by atoms with Gasteiger partial charge in [0.25, 0.3) is 0 Å². The normalized spacial score (nSPS) is 17.0. The van der Waals surface area contributed by atoms with Gasteiger partial charge in [0.05, 0.1) is 4.90 Å². The smallest absolute Gasteiger partial charge is 0.242 e. The Morgan fingerprint density at radius 1 is 1.24 bits per heavy atom. The molecule has 2 rings (SSSR count).